The molecule has 0 fully saturated rings. The molecule has 0 unspecified atom stereocenters. The van der Waals surface area contributed by atoms with Crippen molar-refractivity contribution in [2.24, 2.45) is 0 Å². The molecular formula is C26H19O+. The van der Waals surface area contributed by atoms with E-state index in [1.807, 2.05) is 0 Å². The molecule has 0 aliphatic rings. The van der Waals surface area contributed by atoms with Gasteiger partial charge in [-0.25, -0.2) is 0 Å². The lowest BCUT2D eigenvalue weighted by atomic mass is 10.1. The van der Waals surface area contributed by atoms with Gasteiger partial charge in [0.15, 0.2) is 0 Å². The van der Waals surface area contributed by atoms with Crippen molar-refractivity contribution < 1.29 is 4.37 Å². The molecule has 0 aromatic heterocycles. The van der Waals surface area contributed by atoms with Crippen LogP contribution in [0, 0.1) is 0 Å². The van der Waals surface area contributed by atoms with Crippen LogP contribution < -0.4 is 4.37 Å². The monoisotopic (exact) mass is 347 g/mol. The molecule has 1 nitrogen and oxygen atoms in total. The lowest BCUT2D eigenvalue weighted by Crippen LogP contribution is -2.06. The second-order valence-electron chi connectivity index (χ2n) is 6.57. The van der Waals surface area contributed by atoms with Gasteiger partial charge in [-0.2, -0.15) is 0 Å². The summed E-state index contributed by atoms with van der Waals surface area (Å²) >= 11 is 0. The highest BCUT2D eigenvalue weighted by Crippen LogP contribution is 2.45. The highest BCUT2D eigenvalue weighted by Gasteiger charge is 2.24. The standard InChI is InChI=1S/C26H19O/c1-2-14-22(15-3-1)27(25-18-8-12-20-10-4-6-16-23(20)25)26-19-9-13-21-11-5-7-17-24(21)26/h1-19H/q+1. The van der Waals surface area contributed by atoms with E-state index in [1.54, 1.807) is 0 Å². The summed E-state index contributed by atoms with van der Waals surface area (Å²) in [4.78, 5) is 0. The molecule has 0 spiro atoms. The zero-order valence-electron chi connectivity index (χ0n) is 14.9. The highest BCUT2D eigenvalue weighted by atomic mass is 16.7. The average molecular weight is 347 g/mol. The van der Waals surface area contributed by atoms with Gasteiger partial charge in [0.25, 0.3) is 17.2 Å². The van der Waals surface area contributed by atoms with Gasteiger partial charge in [0, 0.05) is 24.3 Å². The molecular weight excluding hydrogens is 328 g/mol. The molecule has 0 bridgehead atoms. The summed E-state index contributed by atoms with van der Waals surface area (Å²) in [6.45, 7) is 0. The van der Waals surface area contributed by atoms with E-state index >= 15 is 0 Å². The molecule has 0 N–H and O–H groups in total. The maximum absolute atomic E-state index is 3.45. The summed E-state index contributed by atoms with van der Waals surface area (Å²) < 4.78 is 3.45. The van der Waals surface area contributed by atoms with E-state index < -0.39 is 0 Å². The molecule has 5 aromatic rings. The summed E-state index contributed by atoms with van der Waals surface area (Å²) in [7, 11) is 0. The van der Waals surface area contributed by atoms with E-state index in [0.717, 1.165) is 17.2 Å². The Morgan fingerprint density at radius 3 is 1.37 bits per heavy atom. The minimum atomic E-state index is 1.07. The van der Waals surface area contributed by atoms with Crippen LogP contribution in [0.1, 0.15) is 0 Å². The minimum Gasteiger partial charge on any atom is -0.498 e. The van der Waals surface area contributed by atoms with Crippen molar-refractivity contribution in [1.82, 2.24) is 0 Å². The summed E-state index contributed by atoms with van der Waals surface area (Å²) in [5.41, 5.74) is 0. The molecule has 0 atom stereocenters. The van der Waals surface area contributed by atoms with E-state index in [-0.39, 0.29) is 0 Å². The molecule has 0 saturated heterocycles. The maximum Gasteiger partial charge on any atom is 0.275 e. The van der Waals surface area contributed by atoms with Gasteiger partial charge in [-0.1, -0.05) is 78.9 Å². The third kappa shape index (κ3) is 2.74. The van der Waals surface area contributed by atoms with Crippen LogP contribution in [0.25, 0.3) is 21.5 Å². The van der Waals surface area contributed by atoms with Gasteiger partial charge in [-0.3, -0.25) is 0 Å². The van der Waals surface area contributed by atoms with Gasteiger partial charge in [0.05, 0.1) is 10.8 Å². The summed E-state index contributed by atoms with van der Waals surface area (Å²) in [6.07, 6.45) is 0. The fourth-order valence-corrected chi connectivity index (χ4v) is 3.68. The highest BCUT2D eigenvalue weighted by molar-refractivity contribution is 5.92. The lowest BCUT2D eigenvalue weighted by molar-refractivity contribution is 0.240. The van der Waals surface area contributed by atoms with Crippen molar-refractivity contribution in [2.75, 3.05) is 0 Å². The summed E-state index contributed by atoms with van der Waals surface area (Å²) in [5, 5.41) is 4.87. The SMILES string of the molecule is c1ccc([O+](c2cccc3ccccc23)c2cccc3ccccc23)cc1. The molecule has 5 aromatic carbocycles. The number of benzene rings is 5. The minimum absolute atomic E-state index is 1.07. The smallest absolute Gasteiger partial charge is 0.275 e. The number of fused-ring (bicyclic) bond motifs is 2. The number of rotatable bonds is 3. The fourth-order valence-electron chi connectivity index (χ4n) is 3.68. The zero-order chi connectivity index (χ0) is 18.1. The topological polar surface area (TPSA) is 2.70 Å². The summed E-state index contributed by atoms with van der Waals surface area (Å²) in [6, 6.07) is 40.4. The first-order valence-electron chi connectivity index (χ1n) is 9.17. The molecule has 0 heterocycles. The van der Waals surface area contributed by atoms with Gasteiger partial charge >= 0.3 is 0 Å². The average Bonchev–Trinajstić information content (AvgIpc) is 2.75. The Morgan fingerprint density at radius 1 is 0.370 bits per heavy atom. The first kappa shape index (κ1) is 15.7. The zero-order valence-corrected chi connectivity index (χ0v) is 14.9. The number of hydrogen-bond acceptors (Lipinski definition) is 0. The molecule has 0 aliphatic carbocycles. The number of para-hydroxylation sites is 1. The van der Waals surface area contributed by atoms with Gasteiger partial charge < -0.3 is 4.37 Å². The van der Waals surface area contributed by atoms with Crippen LogP contribution >= 0.6 is 0 Å². The second-order valence-corrected chi connectivity index (χ2v) is 6.57. The lowest BCUT2D eigenvalue weighted by Gasteiger charge is -2.24. The molecule has 0 amide bonds. The third-order valence-electron chi connectivity index (χ3n) is 4.92. The molecule has 27 heavy (non-hydrogen) atoms. The molecule has 128 valence electrons. The Morgan fingerprint density at radius 2 is 0.815 bits per heavy atom. The first-order chi connectivity index (χ1) is 13.4. The van der Waals surface area contributed by atoms with Crippen LogP contribution in [-0.4, -0.2) is 0 Å². The van der Waals surface area contributed by atoms with E-state index in [2.05, 4.69) is 120 Å². The van der Waals surface area contributed by atoms with Crippen LogP contribution in [0.15, 0.2) is 115 Å². The molecule has 1 heteroatoms. The van der Waals surface area contributed by atoms with Gasteiger partial charge in [0.1, 0.15) is 0 Å². The van der Waals surface area contributed by atoms with Crippen molar-refractivity contribution >= 4 is 21.5 Å². The van der Waals surface area contributed by atoms with Gasteiger partial charge in [-0.05, 0) is 22.9 Å². The van der Waals surface area contributed by atoms with E-state index in [9.17, 15) is 0 Å². The second kappa shape index (κ2) is 6.62. The molecule has 0 aliphatic heterocycles. The molecule has 0 radical (unpaired) electrons. The van der Waals surface area contributed by atoms with E-state index in [0.29, 0.717) is 0 Å². The predicted molar refractivity (Wildman–Crippen MR) is 114 cm³/mol. The van der Waals surface area contributed by atoms with Crippen molar-refractivity contribution in [3.05, 3.63) is 115 Å². The summed E-state index contributed by atoms with van der Waals surface area (Å²) in [5.74, 6) is 3.29. The van der Waals surface area contributed by atoms with Crippen LogP contribution in [0.5, 0.6) is 17.2 Å². The van der Waals surface area contributed by atoms with Crippen molar-refractivity contribution in [1.29, 1.82) is 0 Å². The Kier molecular flexibility index (Phi) is 3.84. The Balaban J connectivity index is 1.85. The van der Waals surface area contributed by atoms with Gasteiger partial charge in [0.2, 0.25) is 0 Å². The van der Waals surface area contributed by atoms with Crippen LogP contribution in [0.3, 0.4) is 0 Å². The molecule has 0 saturated carbocycles. The van der Waals surface area contributed by atoms with E-state index in [1.165, 1.54) is 21.5 Å². The van der Waals surface area contributed by atoms with Crippen LogP contribution in [-0.2, 0) is 0 Å². The Bertz CT molecular complexity index is 1130. The predicted octanol–water partition coefficient (Wildman–Crippen LogP) is 7.73. The van der Waals surface area contributed by atoms with Crippen LogP contribution in [0.2, 0.25) is 0 Å². The van der Waals surface area contributed by atoms with Gasteiger partial charge in [-0.15, -0.1) is 0 Å². The van der Waals surface area contributed by atoms with Crippen LogP contribution in [0.4, 0.5) is 0 Å². The van der Waals surface area contributed by atoms with Crippen molar-refractivity contribution in [2.45, 2.75) is 0 Å². The van der Waals surface area contributed by atoms with Crippen molar-refractivity contribution in [3.8, 4) is 17.2 Å². The maximum atomic E-state index is 3.45. The first-order valence-corrected chi connectivity index (χ1v) is 9.17. The third-order valence-corrected chi connectivity index (χ3v) is 4.92. The van der Waals surface area contributed by atoms with Crippen molar-refractivity contribution in [3.63, 3.8) is 0 Å². The fraction of sp³-hybridized carbons (Fsp3) is 0. The normalized spacial score (nSPS) is 11.0. The Hall–Kier alpha value is -3.58. The van der Waals surface area contributed by atoms with E-state index in [4.69, 9.17) is 0 Å². The largest absolute Gasteiger partial charge is 0.498 e. The number of hydrogen-bond donors (Lipinski definition) is 0. The molecule has 5 rings (SSSR count). The quantitative estimate of drug-likeness (QED) is 0.294. The Labute approximate surface area is 158 Å².